The van der Waals surface area contributed by atoms with Crippen molar-refractivity contribution < 1.29 is 23.6 Å². The Morgan fingerprint density at radius 2 is 1.67 bits per heavy atom. The Kier molecular flexibility index (Phi) is 6.74. The second-order valence-corrected chi connectivity index (χ2v) is 7.76. The molecule has 0 bridgehead atoms. The average Bonchev–Trinajstić information content (AvgIpc) is 2.60. The first-order valence-electron chi connectivity index (χ1n) is 8.32. The van der Waals surface area contributed by atoms with Gasteiger partial charge in [-0.1, -0.05) is 12.1 Å². The number of amides is 1. The van der Waals surface area contributed by atoms with Gasteiger partial charge in [0.25, 0.3) is 5.91 Å². The molecule has 0 saturated heterocycles. The van der Waals surface area contributed by atoms with E-state index in [1.165, 1.54) is 0 Å². The first-order valence-corrected chi connectivity index (χ1v) is 9.88. The van der Waals surface area contributed by atoms with Crippen molar-refractivity contribution in [3.8, 4) is 5.75 Å². The number of carbonyl (C=O) groups excluding carboxylic acids is 1. The van der Waals surface area contributed by atoms with E-state index in [0.717, 1.165) is 10.5 Å². The van der Waals surface area contributed by atoms with Gasteiger partial charge in [0.05, 0.1) is 0 Å². The molecule has 0 saturated carbocycles. The maximum atomic E-state index is 12.7. The smallest absolute Gasteiger partial charge is 0.341 e. The van der Waals surface area contributed by atoms with Crippen LogP contribution in [0.3, 0.4) is 0 Å². The number of carboxylic acids is 1. The van der Waals surface area contributed by atoms with E-state index in [2.05, 4.69) is 0 Å². The van der Waals surface area contributed by atoms with Gasteiger partial charge in [0.15, 0.2) is 6.61 Å². The van der Waals surface area contributed by atoms with E-state index in [4.69, 9.17) is 9.84 Å². The Labute approximate surface area is 161 Å². The number of carbonyl (C=O) groups is 2. The van der Waals surface area contributed by atoms with Gasteiger partial charge in [0, 0.05) is 41.1 Å². The molecule has 144 valence electrons. The molecule has 0 fully saturated rings. The van der Waals surface area contributed by atoms with Gasteiger partial charge in [-0.25, -0.2) is 4.79 Å². The highest BCUT2D eigenvalue weighted by Gasteiger charge is 2.16. The molecule has 1 N–H and O–H groups in total. The number of aliphatic carboxylic acids is 1. The van der Waals surface area contributed by atoms with Crippen LogP contribution in [0.1, 0.15) is 27.0 Å². The monoisotopic (exact) mass is 389 g/mol. The average molecular weight is 389 g/mol. The van der Waals surface area contributed by atoms with Crippen molar-refractivity contribution in [2.75, 3.05) is 19.9 Å². The molecule has 0 radical (unpaired) electrons. The van der Waals surface area contributed by atoms with Crippen molar-refractivity contribution in [2.45, 2.75) is 25.3 Å². The van der Waals surface area contributed by atoms with E-state index in [1.807, 2.05) is 12.1 Å². The Morgan fingerprint density at radius 1 is 1.11 bits per heavy atom. The zero-order valence-electron chi connectivity index (χ0n) is 15.8. The molecular weight excluding hydrogens is 366 g/mol. The summed E-state index contributed by atoms with van der Waals surface area (Å²) in [6, 6.07) is 10.7. The summed E-state index contributed by atoms with van der Waals surface area (Å²) in [4.78, 5) is 25.8. The summed E-state index contributed by atoms with van der Waals surface area (Å²) in [7, 11) is 0.686. The van der Waals surface area contributed by atoms with Crippen LogP contribution >= 0.6 is 0 Å². The second kappa shape index (κ2) is 8.81. The minimum atomic E-state index is -1.05. The van der Waals surface area contributed by atoms with Gasteiger partial charge >= 0.3 is 5.97 Å². The molecule has 2 rings (SSSR count). The molecule has 1 unspecified atom stereocenters. The lowest BCUT2D eigenvalue weighted by Crippen LogP contribution is -2.26. The van der Waals surface area contributed by atoms with Crippen LogP contribution < -0.4 is 4.74 Å². The van der Waals surface area contributed by atoms with E-state index in [1.54, 1.807) is 56.3 Å². The van der Waals surface area contributed by atoms with Crippen molar-refractivity contribution in [1.29, 1.82) is 0 Å². The summed E-state index contributed by atoms with van der Waals surface area (Å²) in [5.74, 6) is -0.708. The number of hydrogen-bond acceptors (Lipinski definition) is 4. The lowest BCUT2D eigenvalue weighted by Gasteiger charge is -2.19. The third kappa shape index (κ3) is 5.40. The highest BCUT2D eigenvalue weighted by Crippen LogP contribution is 2.25. The summed E-state index contributed by atoms with van der Waals surface area (Å²) in [6.45, 7) is 3.56. The van der Waals surface area contributed by atoms with Crippen molar-refractivity contribution in [1.82, 2.24) is 4.90 Å². The fourth-order valence-electron chi connectivity index (χ4n) is 2.79. The zero-order chi connectivity index (χ0) is 20.1. The van der Waals surface area contributed by atoms with E-state index in [0.29, 0.717) is 29.0 Å². The Hall–Kier alpha value is -2.67. The number of rotatable bonds is 7. The van der Waals surface area contributed by atoms with Crippen molar-refractivity contribution in [3.05, 3.63) is 58.7 Å². The first-order chi connectivity index (χ1) is 12.7. The van der Waals surface area contributed by atoms with Gasteiger partial charge in [0.2, 0.25) is 0 Å². The third-order valence-electron chi connectivity index (χ3n) is 4.07. The van der Waals surface area contributed by atoms with Crippen LogP contribution in [0.5, 0.6) is 5.75 Å². The van der Waals surface area contributed by atoms with Crippen LogP contribution in [-0.2, 0) is 22.1 Å². The molecule has 2 aromatic carbocycles. The predicted octanol–water partition coefficient (Wildman–Crippen LogP) is 2.78. The SMILES string of the molecule is Cc1cc(C(=O)N(C)Cc2ccc(S(C)=O)cc2)cc(C)c1OCC(=O)O. The standard InChI is InChI=1S/C20H23NO5S/c1-13-9-16(10-14(2)19(13)26-12-18(22)23)20(24)21(3)11-15-5-7-17(8-6-15)27(4)25/h5-10H,11-12H2,1-4H3,(H,22,23). The van der Waals surface area contributed by atoms with Crippen LogP contribution in [0.15, 0.2) is 41.3 Å². The molecule has 7 heteroatoms. The quantitative estimate of drug-likeness (QED) is 0.787. The highest BCUT2D eigenvalue weighted by atomic mass is 32.2. The van der Waals surface area contributed by atoms with Gasteiger partial charge in [-0.15, -0.1) is 0 Å². The Balaban J connectivity index is 2.13. The van der Waals surface area contributed by atoms with Crippen molar-refractivity contribution in [2.24, 2.45) is 0 Å². The number of hydrogen-bond donors (Lipinski definition) is 1. The minimum absolute atomic E-state index is 0.144. The molecule has 0 aliphatic carbocycles. The van der Waals surface area contributed by atoms with Crippen LogP contribution in [0.4, 0.5) is 0 Å². The molecule has 1 atom stereocenters. The van der Waals surface area contributed by atoms with Crippen LogP contribution in [0.25, 0.3) is 0 Å². The molecule has 0 heterocycles. The van der Waals surface area contributed by atoms with Gasteiger partial charge in [-0.2, -0.15) is 0 Å². The van der Waals surface area contributed by atoms with Gasteiger partial charge < -0.3 is 14.7 Å². The maximum absolute atomic E-state index is 12.7. The van der Waals surface area contributed by atoms with E-state index >= 15 is 0 Å². The summed E-state index contributed by atoms with van der Waals surface area (Å²) < 4.78 is 16.8. The number of ether oxygens (including phenoxy) is 1. The molecule has 27 heavy (non-hydrogen) atoms. The van der Waals surface area contributed by atoms with Crippen molar-refractivity contribution in [3.63, 3.8) is 0 Å². The molecule has 6 nitrogen and oxygen atoms in total. The summed E-state index contributed by atoms with van der Waals surface area (Å²) in [5.41, 5.74) is 2.88. The number of aryl methyl sites for hydroxylation is 2. The van der Waals surface area contributed by atoms with Crippen LogP contribution in [0.2, 0.25) is 0 Å². The predicted molar refractivity (Wildman–Crippen MR) is 104 cm³/mol. The van der Waals surface area contributed by atoms with Gasteiger partial charge in [-0.05, 0) is 54.8 Å². The van der Waals surface area contributed by atoms with Gasteiger partial charge in [0.1, 0.15) is 5.75 Å². The second-order valence-electron chi connectivity index (χ2n) is 6.38. The lowest BCUT2D eigenvalue weighted by molar-refractivity contribution is -0.139. The molecule has 1 amide bonds. The van der Waals surface area contributed by atoms with E-state index in [9.17, 15) is 13.8 Å². The first kappa shape index (κ1) is 20.6. The normalized spacial score (nSPS) is 11.7. The van der Waals surface area contributed by atoms with Crippen LogP contribution in [-0.4, -0.2) is 46.0 Å². The third-order valence-corrected chi connectivity index (χ3v) is 5.01. The molecule has 0 aromatic heterocycles. The summed E-state index contributed by atoms with van der Waals surface area (Å²) >= 11 is 0. The summed E-state index contributed by atoms with van der Waals surface area (Å²) in [5, 5.41) is 8.76. The van der Waals surface area contributed by atoms with E-state index in [-0.39, 0.29) is 5.91 Å². The fourth-order valence-corrected chi connectivity index (χ4v) is 3.31. The molecule has 0 aliphatic rings. The number of carboxylic acid groups (broad SMARTS) is 1. The molecule has 2 aromatic rings. The number of nitrogens with zero attached hydrogens (tertiary/aromatic N) is 1. The fraction of sp³-hybridized carbons (Fsp3) is 0.300. The highest BCUT2D eigenvalue weighted by molar-refractivity contribution is 7.84. The molecular formula is C20H23NO5S. The summed E-state index contributed by atoms with van der Waals surface area (Å²) in [6.07, 6.45) is 1.62. The van der Waals surface area contributed by atoms with Gasteiger partial charge in [-0.3, -0.25) is 9.00 Å². The number of benzene rings is 2. The van der Waals surface area contributed by atoms with E-state index < -0.39 is 23.4 Å². The topological polar surface area (TPSA) is 83.9 Å². The minimum Gasteiger partial charge on any atom is -0.481 e. The molecule has 0 aliphatic heterocycles. The molecule has 0 spiro atoms. The largest absolute Gasteiger partial charge is 0.481 e. The Bertz CT molecular complexity index is 853. The van der Waals surface area contributed by atoms with Crippen LogP contribution in [0, 0.1) is 13.8 Å². The van der Waals surface area contributed by atoms with Crippen molar-refractivity contribution >= 4 is 22.7 Å². The maximum Gasteiger partial charge on any atom is 0.341 e. The Morgan fingerprint density at radius 3 is 2.15 bits per heavy atom. The zero-order valence-corrected chi connectivity index (χ0v) is 16.6. The lowest BCUT2D eigenvalue weighted by atomic mass is 10.0.